The molecule has 0 unspecified atom stereocenters. The first-order valence-corrected chi connectivity index (χ1v) is 7.56. The van der Waals surface area contributed by atoms with Crippen LogP contribution in [0, 0.1) is 0 Å². The zero-order chi connectivity index (χ0) is 13.7. The number of quaternary nitrogens is 1. The molecule has 5 heteroatoms. The summed E-state index contributed by atoms with van der Waals surface area (Å²) in [5.41, 5.74) is 0. The molecular weight excluding hydrogens is 266 g/mol. The van der Waals surface area contributed by atoms with Crippen molar-refractivity contribution in [3.63, 3.8) is 0 Å². The summed E-state index contributed by atoms with van der Waals surface area (Å²) in [6.07, 6.45) is 7.53. The Kier molecular flexibility index (Phi) is 16.4. The summed E-state index contributed by atoms with van der Waals surface area (Å²) in [6.45, 7) is 10.7. The highest BCUT2D eigenvalue weighted by Gasteiger charge is 2.33. The smallest absolute Gasteiger partial charge is 0.178 e. The van der Waals surface area contributed by atoms with Crippen LogP contribution in [0.1, 0.15) is 66.2 Å². The average Bonchev–Trinajstić information content (AvgIpc) is 2.35. The lowest BCUT2D eigenvalue weighted by atomic mass is 10.1. The normalized spacial score (nSPS) is 11.4. The third-order valence-corrected chi connectivity index (χ3v) is 2.76. The Bertz CT molecular complexity index is 165. The van der Waals surface area contributed by atoms with Crippen molar-refractivity contribution in [3.8, 4) is 0 Å². The monoisotopic (exact) mass is 297 g/mol. The van der Waals surface area contributed by atoms with Gasteiger partial charge in [0.05, 0.1) is 4.97 Å². The summed E-state index contributed by atoms with van der Waals surface area (Å²) in [6, 6.07) is 0. The van der Waals surface area contributed by atoms with Crippen molar-refractivity contribution in [1.29, 1.82) is 0 Å². The van der Waals surface area contributed by atoms with Gasteiger partial charge in [0.15, 0.2) is 6.54 Å². The molecule has 0 aliphatic carbocycles. The van der Waals surface area contributed by atoms with Gasteiger partial charge < -0.3 is 12.4 Å². The maximum absolute atomic E-state index is 5.63. The third kappa shape index (κ3) is 10.6. The molecule has 118 valence electrons. The van der Waals surface area contributed by atoms with Gasteiger partial charge in [-0.15, -0.1) is 14.5 Å². The Morgan fingerprint density at radius 2 is 1.05 bits per heavy atom. The molecule has 0 aromatic heterocycles. The number of rotatable bonds is 13. The fourth-order valence-corrected chi connectivity index (χ4v) is 1.98. The van der Waals surface area contributed by atoms with E-state index in [9.17, 15) is 0 Å². The second-order valence-electron chi connectivity index (χ2n) is 4.36. The van der Waals surface area contributed by atoms with Gasteiger partial charge in [0.1, 0.15) is 19.8 Å². The van der Waals surface area contributed by atoms with Crippen LogP contribution in [0.2, 0.25) is 0 Å². The van der Waals surface area contributed by atoms with E-state index in [1.807, 2.05) is 20.8 Å². The standard InChI is InChI=1S/C14H32NO3.ClH/c1-5-9-10-11-12-13-14-15(16-6-2,17-7-3)18-8-4;/h5-14H2,1-4H3;1H/q+1;/p-1. The van der Waals surface area contributed by atoms with E-state index in [4.69, 9.17) is 14.5 Å². The molecule has 0 atom stereocenters. The molecule has 0 N–H and O–H groups in total. The third-order valence-electron chi connectivity index (χ3n) is 2.76. The van der Waals surface area contributed by atoms with Gasteiger partial charge in [-0.3, -0.25) is 0 Å². The molecule has 0 aliphatic heterocycles. The molecule has 19 heavy (non-hydrogen) atoms. The van der Waals surface area contributed by atoms with Crippen LogP contribution in [0.25, 0.3) is 0 Å². The zero-order valence-corrected chi connectivity index (χ0v) is 13.9. The minimum absolute atomic E-state index is 0. The number of hydroxylamine groups is 3. The fraction of sp³-hybridized carbons (Fsp3) is 1.00. The molecule has 0 aromatic rings. The van der Waals surface area contributed by atoms with Crippen LogP contribution in [0.15, 0.2) is 0 Å². The van der Waals surface area contributed by atoms with Gasteiger partial charge in [0.25, 0.3) is 0 Å². The molecule has 0 rings (SSSR count). The Morgan fingerprint density at radius 3 is 1.47 bits per heavy atom. The minimum atomic E-state index is -0.0999. The van der Waals surface area contributed by atoms with Crippen LogP contribution in [0.4, 0.5) is 0 Å². The topological polar surface area (TPSA) is 27.7 Å². The van der Waals surface area contributed by atoms with Crippen LogP contribution in [-0.4, -0.2) is 31.3 Å². The summed E-state index contributed by atoms with van der Waals surface area (Å²) in [5.74, 6) is 0. The lowest BCUT2D eigenvalue weighted by molar-refractivity contribution is -1.37. The molecule has 0 spiro atoms. The van der Waals surface area contributed by atoms with Crippen LogP contribution in [0.3, 0.4) is 0 Å². The first kappa shape index (κ1) is 21.4. The summed E-state index contributed by atoms with van der Waals surface area (Å²) < 4.78 is 0. The molecule has 0 saturated heterocycles. The van der Waals surface area contributed by atoms with E-state index in [1.54, 1.807) is 0 Å². The predicted octanol–water partition coefficient (Wildman–Crippen LogP) is 1.02. The highest BCUT2D eigenvalue weighted by molar-refractivity contribution is 4.42. The molecule has 0 fully saturated rings. The second-order valence-corrected chi connectivity index (χ2v) is 4.36. The molecule has 0 aromatic carbocycles. The van der Waals surface area contributed by atoms with Crippen molar-refractivity contribution in [2.24, 2.45) is 0 Å². The molecule has 0 bridgehead atoms. The van der Waals surface area contributed by atoms with E-state index < -0.39 is 0 Å². The lowest BCUT2D eigenvalue weighted by Gasteiger charge is -2.28. The number of unbranched alkanes of at least 4 members (excludes halogenated alkanes) is 5. The van der Waals surface area contributed by atoms with Crippen molar-refractivity contribution in [3.05, 3.63) is 0 Å². The Balaban J connectivity index is 0. The second kappa shape index (κ2) is 14.5. The first-order valence-electron chi connectivity index (χ1n) is 7.56. The Morgan fingerprint density at radius 1 is 0.632 bits per heavy atom. The van der Waals surface area contributed by atoms with Crippen molar-refractivity contribution in [2.75, 3.05) is 26.4 Å². The van der Waals surface area contributed by atoms with Crippen molar-refractivity contribution < 1.29 is 31.9 Å². The van der Waals surface area contributed by atoms with Gasteiger partial charge in [0, 0.05) is 6.42 Å². The van der Waals surface area contributed by atoms with Gasteiger partial charge >= 0.3 is 0 Å². The summed E-state index contributed by atoms with van der Waals surface area (Å²) in [7, 11) is 0. The molecule has 0 heterocycles. The van der Waals surface area contributed by atoms with Crippen LogP contribution >= 0.6 is 0 Å². The maximum atomic E-state index is 5.63. The van der Waals surface area contributed by atoms with Gasteiger partial charge in [0.2, 0.25) is 0 Å². The van der Waals surface area contributed by atoms with E-state index in [-0.39, 0.29) is 17.4 Å². The number of hydrogen-bond donors (Lipinski definition) is 0. The van der Waals surface area contributed by atoms with Gasteiger partial charge in [-0.2, -0.15) is 0 Å². The Labute approximate surface area is 125 Å². The molecule has 0 amide bonds. The van der Waals surface area contributed by atoms with Crippen LogP contribution in [-0.2, 0) is 14.5 Å². The number of nitrogens with zero attached hydrogens (tertiary/aromatic N) is 1. The zero-order valence-electron chi connectivity index (χ0n) is 13.1. The molecular formula is C14H32ClNO3. The van der Waals surface area contributed by atoms with E-state index in [1.165, 1.54) is 32.1 Å². The van der Waals surface area contributed by atoms with E-state index >= 15 is 0 Å². The van der Waals surface area contributed by atoms with Gasteiger partial charge in [-0.05, 0) is 27.2 Å². The highest BCUT2D eigenvalue weighted by atomic mass is 35.5. The van der Waals surface area contributed by atoms with Crippen molar-refractivity contribution >= 4 is 0 Å². The molecule has 0 saturated carbocycles. The first-order chi connectivity index (χ1) is 8.74. The summed E-state index contributed by atoms with van der Waals surface area (Å²) in [5, 5.41) is 0. The quantitative estimate of drug-likeness (QED) is 0.289. The van der Waals surface area contributed by atoms with Gasteiger partial charge in [-0.25, -0.2) is 0 Å². The number of hydrogen-bond acceptors (Lipinski definition) is 3. The number of halogens is 1. The lowest BCUT2D eigenvalue weighted by Crippen LogP contribution is -3.00. The fourth-order valence-electron chi connectivity index (χ4n) is 1.98. The SMILES string of the molecule is CCCCCCCC[N+](OCC)(OCC)OCC.[Cl-]. The van der Waals surface area contributed by atoms with Gasteiger partial charge in [-0.1, -0.05) is 32.6 Å². The summed E-state index contributed by atoms with van der Waals surface area (Å²) in [4.78, 5) is 16.8. The van der Waals surface area contributed by atoms with E-state index in [0.29, 0.717) is 19.8 Å². The molecule has 0 aliphatic rings. The van der Waals surface area contributed by atoms with E-state index in [0.717, 1.165) is 13.0 Å². The predicted molar refractivity (Wildman–Crippen MR) is 73.4 cm³/mol. The minimum Gasteiger partial charge on any atom is -1.00 e. The van der Waals surface area contributed by atoms with Crippen LogP contribution in [0.5, 0.6) is 0 Å². The van der Waals surface area contributed by atoms with Crippen LogP contribution < -0.4 is 12.4 Å². The Hall–Kier alpha value is 0.130. The largest absolute Gasteiger partial charge is 1.00 e. The molecule has 4 nitrogen and oxygen atoms in total. The van der Waals surface area contributed by atoms with Crippen molar-refractivity contribution in [2.45, 2.75) is 66.2 Å². The van der Waals surface area contributed by atoms with Crippen molar-refractivity contribution in [1.82, 2.24) is 0 Å². The summed E-state index contributed by atoms with van der Waals surface area (Å²) >= 11 is 0. The maximum Gasteiger partial charge on any atom is 0.178 e. The average molecular weight is 298 g/mol. The van der Waals surface area contributed by atoms with E-state index in [2.05, 4.69) is 6.92 Å². The highest BCUT2D eigenvalue weighted by Crippen LogP contribution is 2.15. The molecule has 0 radical (unpaired) electrons.